The Morgan fingerprint density at radius 2 is 1.08 bits per heavy atom. The van der Waals surface area contributed by atoms with Crippen LogP contribution in [0.4, 0.5) is 0 Å². The molecule has 1 aliphatic heterocycles. The predicted octanol–water partition coefficient (Wildman–Crippen LogP) is 1.22. The van der Waals surface area contributed by atoms with E-state index in [9.17, 15) is 33.6 Å². The van der Waals surface area contributed by atoms with Gasteiger partial charge in [-0.05, 0) is 98.6 Å². The molecule has 62 heavy (non-hydrogen) atoms. The summed E-state index contributed by atoms with van der Waals surface area (Å²) in [5, 5.41) is 32.2. The molecule has 0 bridgehead atoms. The van der Waals surface area contributed by atoms with Gasteiger partial charge >= 0.3 is 5.97 Å². The van der Waals surface area contributed by atoms with Gasteiger partial charge in [-0.2, -0.15) is 0 Å². The van der Waals surface area contributed by atoms with Crippen LogP contribution in [0.5, 0.6) is 0 Å². The lowest BCUT2D eigenvalue weighted by molar-refractivity contribution is -0.138. The zero-order valence-electron chi connectivity index (χ0n) is 39.6. The summed E-state index contributed by atoms with van der Waals surface area (Å²) in [5.74, 6) is 1.19. The Kier molecular flexibility index (Phi) is 51.2. The van der Waals surface area contributed by atoms with Gasteiger partial charge in [0.25, 0.3) is 6.47 Å². The monoisotopic (exact) mass is 890 g/mol. The third-order valence-electron chi connectivity index (χ3n) is 10.1. The van der Waals surface area contributed by atoms with Gasteiger partial charge in [0.05, 0.1) is 26.2 Å². The molecule has 1 saturated heterocycles. The molecule has 0 aromatic carbocycles. The molecule has 1 unspecified atom stereocenters. The summed E-state index contributed by atoms with van der Waals surface area (Å²) in [5.41, 5.74) is 0. The first-order valence-electron chi connectivity index (χ1n) is 22.1. The van der Waals surface area contributed by atoms with E-state index >= 15 is 0 Å². The molecule has 1 atom stereocenters. The van der Waals surface area contributed by atoms with Crippen LogP contribution in [0.2, 0.25) is 0 Å². The molecular formula is C44H87N7O11. The van der Waals surface area contributed by atoms with Crippen molar-refractivity contribution >= 4 is 49.2 Å². The number of carbonyl (C=O) groups is 8. The molecule has 1 heterocycles. The largest absolute Gasteiger partial charge is 0.483 e. The lowest BCUT2D eigenvalue weighted by atomic mass is 9.83. The summed E-state index contributed by atoms with van der Waals surface area (Å²) in [6.07, 6.45) is 13.4. The van der Waals surface area contributed by atoms with Crippen molar-refractivity contribution in [3.8, 4) is 0 Å². The SMILES string of the molecule is CC(=O)CN1CCN(CC=O)CCN(CC=O)CCN(CC(=O)O)CC1.CNCC1CCC(C=O)CC1.CNCCCC=O.CNCCCCC(C)C(=O)C(C)C.CO.O=CO. The van der Waals surface area contributed by atoms with Crippen molar-refractivity contribution in [2.24, 2.45) is 23.7 Å². The maximum Gasteiger partial charge on any atom is 0.317 e. The first-order valence-corrected chi connectivity index (χ1v) is 22.1. The van der Waals surface area contributed by atoms with Gasteiger partial charge in [0.1, 0.15) is 36.7 Å². The van der Waals surface area contributed by atoms with Gasteiger partial charge in [0.2, 0.25) is 0 Å². The number of rotatable bonds is 22. The van der Waals surface area contributed by atoms with Gasteiger partial charge in [-0.3, -0.25) is 38.8 Å². The summed E-state index contributed by atoms with van der Waals surface area (Å²) in [6.45, 7) is 16.0. The Morgan fingerprint density at radius 1 is 0.645 bits per heavy atom. The number of aliphatic carboxylic acids is 1. The second-order valence-electron chi connectivity index (χ2n) is 15.6. The van der Waals surface area contributed by atoms with E-state index in [1.54, 1.807) is 0 Å². The molecule has 0 radical (unpaired) electrons. The van der Waals surface area contributed by atoms with Gasteiger partial charge in [-0.15, -0.1) is 0 Å². The van der Waals surface area contributed by atoms with E-state index in [2.05, 4.69) is 16.0 Å². The minimum atomic E-state index is -0.894. The lowest BCUT2D eigenvalue weighted by Gasteiger charge is -2.32. The topological polar surface area (TPSA) is 246 Å². The van der Waals surface area contributed by atoms with Crippen molar-refractivity contribution in [3.05, 3.63) is 0 Å². The minimum Gasteiger partial charge on any atom is -0.483 e. The summed E-state index contributed by atoms with van der Waals surface area (Å²) in [7, 11) is 6.83. The number of hydrogen-bond donors (Lipinski definition) is 6. The number of carbonyl (C=O) groups excluding carboxylic acids is 6. The Balaban J connectivity index is -0.000000389. The van der Waals surface area contributed by atoms with Crippen molar-refractivity contribution in [2.75, 3.05) is 126 Å². The molecule has 1 saturated carbocycles. The zero-order chi connectivity index (χ0) is 48.0. The molecule has 6 N–H and O–H groups in total. The average molecular weight is 890 g/mol. The Bertz CT molecular complexity index is 1070. The van der Waals surface area contributed by atoms with Crippen molar-refractivity contribution in [3.63, 3.8) is 0 Å². The second kappa shape index (κ2) is 48.7. The number of ketones is 2. The number of aliphatic hydroxyl groups is 1. The summed E-state index contributed by atoms with van der Waals surface area (Å²) in [4.78, 5) is 92.2. The summed E-state index contributed by atoms with van der Waals surface area (Å²) >= 11 is 0. The molecule has 2 aliphatic rings. The van der Waals surface area contributed by atoms with E-state index in [4.69, 9.17) is 20.1 Å². The maximum absolute atomic E-state index is 11.5. The fraction of sp³-hybridized carbons (Fsp3) is 0.818. The number of carboxylic acids is 1. The van der Waals surface area contributed by atoms with E-state index < -0.39 is 5.97 Å². The van der Waals surface area contributed by atoms with Crippen molar-refractivity contribution in [1.29, 1.82) is 0 Å². The fourth-order valence-electron chi connectivity index (χ4n) is 6.62. The predicted molar refractivity (Wildman–Crippen MR) is 244 cm³/mol. The number of aliphatic hydroxyl groups excluding tert-OH is 1. The standard InChI is InChI=1S/C17H30N4O5.C11H23NO.C9H17NO.C5H11NO.CH2O2.CH4O/c1-16(24)14-20-6-4-18(10-12-22)2-3-19(11-13-23)5-7-21(9-8-20)15-17(25)26;1-9(2)11(13)10(3)7-5-6-8-12-4;1-10-6-8-2-4-9(7-11)5-3-8;1-6-4-2-3-5-7;2-1-3;1-2/h12-13H,2-11,14-15H2,1H3,(H,25,26);9-10,12H,5-8H2,1-4H3;7-10H,2-6H2,1H3;5-6H,2-4H2,1H3;1H,(H,2,3);2H,1H3. The number of unbranched alkanes of at least 4 members (excludes halogenated alkanes) is 2. The van der Waals surface area contributed by atoms with E-state index in [0.29, 0.717) is 83.6 Å². The van der Waals surface area contributed by atoms with Crippen molar-refractivity contribution < 1.29 is 53.7 Å². The molecular weight excluding hydrogens is 803 g/mol. The highest BCUT2D eigenvalue weighted by molar-refractivity contribution is 5.82. The first-order chi connectivity index (χ1) is 29.7. The quantitative estimate of drug-likeness (QED) is 0.0661. The summed E-state index contributed by atoms with van der Waals surface area (Å²) in [6, 6.07) is 0. The average Bonchev–Trinajstić information content (AvgIpc) is 3.25. The Labute approximate surface area is 373 Å². The number of carboxylic acid groups (broad SMARTS) is 2. The molecule has 2 fully saturated rings. The Morgan fingerprint density at radius 3 is 1.44 bits per heavy atom. The van der Waals surface area contributed by atoms with Crippen LogP contribution in [0.15, 0.2) is 0 Å². The molecule has 364 valence electrons. The van der Waals surface area contributed by atoms with Gasteiger partial charge < -0.3 is 50.4 Å². The van der Waals surface area contributed by atoms with Gasteiger partial charge in [-0.1, -0.05) is 27.2 Å². The van der Waals surface area contributed by atoms with Gasteiger partial charge in [0, 0.05) is 83.6 Å². The van der Waals surface area contributed by atoms with E-state index in [1.807, 2.05) is 61.5 Å². The third kappa shape index (κ3) is 43.3. The zero-order valence-corrected chi connectivity index (χ0v) is 39.6. The number of aldehydes is 4. The number of hydrogen-bond acceptors (Lipinski definition) is 16. The molecule has 2 rings (SSSR count). The first kappa shape index (κ1) is 65.3. The van der Waals surface area contributed by atoms with Gasteiger partial charge in [0.15, 0.2) is 0 Å². The van der Waals surface area contributed by atoms with Crippen LogP contribution in [0, 0.1) is 23.7 Å². The number of nitrogens with one attached hydrogen (secondary N) is 3. The van der Waals surface area contributed by atoms with Crippen molar-refractivity contribution in [1.82, 2.24) is 35.6 Å². The third-order valence-corrected chi connectivity index (χ3v) is 10.1. The van der Waals surface area contributed by atoms with Crippen LogP contribution in [-0.2, 0) is 38.4 Å². The number of Topliss-reactive ketones (excluding diaryl/α,β-unsaturated/α-hetero) is 2. The Hall–Kier alpha value is -3.36. The van der Waals surface area contributed by atoms with Crippen LogP contribution < -0.4 is 16.0 Å². The van der Waals surface area contributed by atoms with Crippen molar-refractivity contribution in [2.45, 2.75) is 85.5 Å². The molecule has 0 aromatic rings. The highest BCUT2D eigenvalue weighted by Crippen LogP contribution is 2.26. The molecule has 18 heteroatoms. The molecule has 18 nitrogen and oxygen atoms in total. The maximum atomic E-state index is 11.5. The van der Waals surface area contributed by atoms with E-state index in [0.717, 1.165) is 89.9 Å². The number of nitrogens with zero attached hydrogens (tertiary/aromatic N) is 4. The molecule has 0 amide bonds. The minimum absolute atomic E-state index is 0.0565. The highest BCUT2D eigenvalue weighted by atomic mass is 16.4. The molecule has 0 spiro atoms. The van der Waals surface area contributed by atoms with Crippen LogP contribution in [0.25, 0.3) is 0 Å². The lowest BCUT2D eigenvalue weighted by Crippen LogP contribution is -2.48. The molecule has 0 aromatic heterocycles. The van der Waals surface area contributed by atoms with Crippen LogP contribution in [0.3, 0.4) is 0 Å². The van der Waals surface area contributed by atoms with Crippen LogP contribution in [-0.4, -0.2) is 210 Å². The summed E-state index contributed by atoms with van der Waals surface area (Å²) < 4.78 is 0. The second-order valence-corrected chi connectivity index (χ2v) is 15.6. The van der Waals surface area contributed by atoms with Gasteiger partial charge in [-0.25, -0.2) is 0 Å². The van der Waals surface area contributed by atoms with Crippen LogP contribution >= 0.6 is 0 Å². The fourth-order valence-corrected chi connectivity index (χ4v) is 6.62. The van der Waals surface area contributed by atoms with E-state index in [-0.39, 0.29) is 37.2 Å². The van der Waals surface area contributed by atoms with E-state index in [1.165, 1.54) is 26.2 Å². The molecule has 1 aliphatic carbocycles. The normalized spacial score (nSPS) is 18.1. The smallest absolute Gasteiger partial charge is 0.317 e. The highest BCUT2D eigenvalue weighted by Gasteiger charge is 2.20. The van der Waals surface area contributed by atoms with Crippen LogP contribution in [0.1, 0.15) is 85.5 Å².